The SMILES string of the molecule is Cc1ccncc1C(=O)N1CCCC1. The Hall–Kier alpha value is -1.38. The first kappa shape index (κ1) is 9.19. The van der Waals surface area contributed by atoms with Gasteiger partial charge in [0.05, 0.1) is 5.56 Å². The second-order valence-corrected chi connectivity index (χ2v) is 3.69. The van der Waals surface area contributed by atoms with E-state index in [9.17, 15) is 4.79 Å². The molecule has 1 aromatic rings. The second kappa shape index (κ2) is 3.78. The van der Waals surface area contributed by atoms with Gasteiger partial charge in [-0.2, -0.15) is 0 Å². The topological polar surface area (TPSA) is 33.2 Å². The van der Waals surface area contributed by atoms with Crippen molar-refractivity contribution < 1.29 is 4.79 Å². The molecule has 1 amide bonds. The molecule has 1 aliphatic rings. The number of likely N-dealkylation sites (tertiary alicyclic amines) is 1. The highest BCUT2D eigenvalue weighted by atomic mass is 16.2. The molecular weight excluding hydrogens is 176 g/mol. The molecule has 0 atom stereocenters. The summed E-state index contributed by atoms with van der Waals surface area (Å²) in [6, 6.07) is 1.88. The van der Waals surface area contributed by atoms with Crippen LogP contribution < -0.4 is 0 Å². The van der Waals surface area contributed by atoms with Crippen LogP contribution in [0.2, 0.25) is 0 Å². The Bertz CT molecular complexity index is 343. The summed E-state index contributed by atoms with van der Waals surface area (Å²) >= 11 is 0. The van der Waals surface area contributed by atoms with Crippen LogP contribution in [0.3, 0.4) is 0 Å². The minimum atomic E-state index is 0.133. The molecule has 2 rings (SSSR count). The maximum absolute atomic E-state index is 12.0. The highest BCUT2D eigenvalue weighted by Crippen LogP contribution is 2.14. The number of aryl methyl sites for hydroxylation is 1. The van der Waals surface area contributed by atoms with E-state index in [2.05, 4.69) is 4.98 Å². The molecule has 0 aliphatic carbocycles. The van der Waals surface area contributed by atoms with Crippen molar-refractivity contribution in [2.45, 2.75) is 19.8 Å². The lowest BCUT2D eigenvalue weighted by Crippen LogP contribution is -2.28. The zero-order chi connectivity index (χ0) is 9.97. The average molecular weight is 190 g/mol. The number of carbonyl (C=O) groups excluding carboxylic acids is 1. The molecule has 14 heavy (non-hydrogen) atoms. The number of hydrogen-bond donors (Lipinski definition) is 0. The van der Waals surface area contributed by atoms with Crippen molar-refractivity contribution in [1.29, 1.82) is 0 Å². The number of hydrogen-bond acceptors (Lipinski definition) is 2. The van der Waals surface area contributed by atoms with Gasteiger partial charge >= 0.3 is 0 Å². The zero-order valence-electron chi connectivity index (χ0n) is 8.36. The van der Waals surface area contributed by atoms with Gasteiger partial charge in [-0.15, -0.1) is 0 Å². The fraction of sp³-hybridized carbons (Fsp3) is 0.455. The van der Waals surface area contributed by atoms with E-state index in [0.29, 0.717) is 0 Å². The van der Waals surface area contributed by atoms with Gasteiger partial charge in [-0.05, 0) is 31.4 Å². The molecule has 74 valence electrons. The Morgan fingerprint density at radius 3 is 2.79 bits per heavy atom. The molecule has 0 N–H and O–H groups in total. The van der Waals surface area contributed by atoms with Gasteiger partial charge in [-0.1, -0.05) is 0 Å². The fourth-order valence-electron chi connectivity index (χ4n) is 1.78. The van der Waals surface area contributed by atoms with Gasteiger partial charge in [0, 0.05) is 25.5 Å². The van der Waals surface area contributed by atoms with Crippen molar-refractivity contribution in [3.63, 3.8) is 0 Å². The Balaban J connectivity index is 2.22. The van der Waals surface area contributed by atoms with E-state index in [0.717, 1.165) is 37.1 Å². The van der Waals surface area contributed by atoms with Crippen LogP contribution in [-0.2, 0) is 0 Å². The van der Waals surface area contributed by atoms with E-state index in [1.54, 1.807) is 12.4 Å². The summed E-state index contributed by atoms with van der Waals surface area (Å²) in [7, 11) is 0. The summed E-state index contributed by atoms with van der Waals surface area (Å²) < 4.78 is 0. The third-order valence-corrected chi connectivity index (χ3v) is 2.66. The minimum Gasteiger partial charge on any atom is -0.339 e. The lowest BCUT2D eigenvalue weighted by atomic mass is 10.1. The molecule has 1 saturated heterocycles. The minimum absolute atomic E-state index is 0.133. The fourth-order valence-corrected chi connectivity index (χ4v) is 1.78. The zero-order valence-corrected chi connectivity index (χ0v) is 8.36. The quantitative estimate of drug-likeness (QED) is 0.674. The number of carbonyl (C=O) groups is 1. The van der Waals surface area contributed by atoms with Crippen molar-refractivity contribution in [1.82, 2.24) is 9.88 Å². The normalized spacial score (nSPS) is 15.9. The molecule has 1 aliphatic heterocycles. The lowest BCUT2D eigenvalue weighted by molar-refractivity contribution is 0.0791. The molecule has 0 spiro atoms. The summed E-state index contributed by atoms with van der Waals surface area (Å²) in [5.74, 6) is 0.133. The van der Waals surface area contributed by atoms with Gasteiger partial charge in [-0.3, -0.25) is 9.78 Å². The third-order valence-electron chi connectivity index (χ3n) is 2.66. The molecule has 3 nitrogen and oxygen atoms in total. The second-order valence-electron chi connectivity index (χ2n) is 3.69. The van der Waals surface area contributed by atoms with Crippen LogP contribution in [0.5, 0.6) is 0 Å². The number of pyridine rings is 1. The molecule has 1 aromatic heterocycles. The van der Waals surface area contributed by atoms with Crippen molar-refractivity contribution in [2.24, 2.45) is 0 Å². The van der Waals surface area contributed by atoms with Gasteiger partial charge in [-0.25, -0.2) is 0 Å². The highest BCUT2D eigenvalue weighted by molar-refractivity contribution is 5.95. The van der Waals surface area contributed by atoms with E-state index in [4.69, 9.17) is 0 Å². The number of nitrogens with zero attached hydrogens (tertiary/aromatic N) is 2. The predicted molar refractivity (Wildman–Crippen MR) is 54.1 cm³/mol. The summed E-state index contributed by atoms with van der Waals surface area (Å²) in [5, 5.41) is 0. The Kier molecular flexibility index (Phi) is 2.48. The molecule has 0 bridgehead atoms. The van der Waals surface area contributed by atoms with Gasteiger partial charge < -0.3 is 4.90 Å². The molecule has 0 radical (unpaired) electrons. The van der Waals surface area contributed by atoms with Crippen LogP contribution in [0.15, 0.2) is 18.5 Å². The Morgan fingerprint density at radius 1 is 1.43 bits per heavy atom. The van der Waals surface area contributed by atoms with Crippen LogP contribution >= 0.6 is 0 Å². The van der Waals surface area contributed by atoms with Gasteiger partial charge in [0.25, 0.3) is 5.91 Å². The molecular formula is C11H14N2O. The first-order valence-electron chi connectivity index (χ1n) is 4.99. The predicted octanol–water partition coefficient (Wildman–Crippen LogP) is 1.63. The number of rotatable bonds is 1. The summed E-state index contributed by atoms with van der Waals surface area (Å²) in [5.41, 5.74) is 1.76. The van der Waals surface area contributed by atoms with Crippen LogP contribution in [0, 0.1) is 6.92 Å². The molecule has 3 heteroatoms. The molecule has 0 saturated carbocycles. The monoisotopic (exact) mass is 190 g/mol. The van der Waals surface area contributed by atoms with Crippen LogP contribution in [0.1, 0.15) is 28.8 Å². The molecule has 0 unspecified atom stereocenters. The van der Waals surface area contributed by atoms with E-state index in [-0.39, 0.29) is 5.91 Å². The lowest BCUT2D eigenvalue weighted by Gasteiger charge is -2.15. The maximum atomic E-state index is 12.0. The van der Waals surface area contributed by atoms with Crippen molar-refractivity contribution in [3.8, 4) is 0 Å². The van der Waals surface area contributed by atoms with Crippen LogP contribution in [0.4, 0.5) is 0 Å². The van der Waals surface area contributed by atoms with Crippen LogP contribution in [0.25, 0.3) is 0 Å². The van der Waals surface area contributed by atoms with E-state index in [1.165, 1.54) is 0 Å². The van der Waals surface area contributed by atoms with E-state index >= 15 is 0 Å². The van der Waals surface area contributed by atoms with Gasteiger partial charge in [0.15, 0.2) is 0 Å². The van der Waals surface area contributed by atoms with Crippen LogP contribution in [-0.4, -0.2) is 28.9 Å². The van der Waals surface area contributed by atoms with E-state index < -0.39 is 0 Å². The largest absolute Gasteiger partial charge is 0.339 e. The Morgan fingerprint density at radius 2 is 2.14 bits per heavy atom. The first-order valence-corrected chi connectivity index (χ1v) is 4.99. The molecule has 0 aromatic carbocycles. The summed E-state index contributed by atoms with van der Waals surface area (Å²) in [6.45, 7) is 3.74. The number of aromatic nitrogens is 1. The van der Waals surface area contributed by atoms with Crippen molar-refractivity contribution in [3.05, 3.63) is 29.6 Å². The van der Waals surface area contributed by atoms with Crippen molar-refractivity contribution >= 4 is 5.91 Å². The Labute approximate surface area is 83.8 Å². The summed E-state index contributed by atoms with van der Waals surface area (Å²) in [4.78, 5) is 17.9. The standard InChI is InChI=1S/C11H14N2O/c1-9-4-5-12-8-10(9)11(14)13-6-2-3-7-13/h4-5,8H,2-3,6-7H2,1H3. The third kappa shape index (κ3) is 1.62. The van der Waals surface area contributed by atoms with Gasteiger partial charge in [0.1, 0.15) is 0 Å². The smallest absolute Gasteiger partial charge is 0.255 e. The molecule has 2 heterocycles. The van der Waals surface area contributed by atoms with Gasteiger partial charge in [0.2, 0.25) is 0 Å². The van der Waals surface area contributed by atoms with Crippen molar-refractivity contribution in [2.75, 3.05) is 13.1 Å². The summed E-state index contributed by atoms with van der Waals surface area (Å²) in [6.07, 6.45) is 5.64. The number of amides is 1. The maximum Gasteiger partial charge on any atom is 0.255 e. The van der Waals surface area contributed by atoms with E-state index in [1.807, 2.05) is 17.9 Å². The highest BCUT2D eigenvalue weighted by Gasteiger charge is 2.20. The average Bonchev–Trinajstić information content (AvgIpc) is 2.70. The molecule has 1 fully saturated rings. The first-order chi connectivity index (χ1) is 6.79.